The molecule has 1 heterocycles. The zero-order valence-electron chi connectivity index (χ0n) is 23.5. The highest BCUT2D eigenvalue weighted by molar-refractivity contribution is 6.03. The van der Waals surface area contributed by atoms with Gasteiger partial charge in [-0.25, -0.2) is 0 Å². The Balaban J connectivity index is 1.79. The number of hydrogen-bond acceptors (Lipinski definition) is 7. The van der Waals surface area contributed by atoms with E-state index in [1.165, 1.54) is 12.0 Å². The first kappa shape index (κ1) is 31.1. The van der Waals surface area contributed by atoms with Crippen LogP contribution in [0, 0.1) is 11.3 Å². The summed E-state index contributed by atoms with van der Waals surface area (Å²) in [5, 5.41) is 12.9. The van der Waals surface area contributed by atoms with Crippen molar-refractivity contribution in [1.29, 1.82) is 0 Å². The zero-order valence-corrected chi connectivity index (χ0v) is 23.5. The van der Waals surface area contributed by atoms with E-state index in [9.17, 15) is 29.1 Å². The van der Waals surface area contributed by atoms with Crippen LogP contribution in [0.1, 0.15) is 63.9 Å². The third-order valence-corrected chi connectivity index (χ3v) is 8.19. The normalized spacial score (nSPS) is 18.8. The lowest BCUT2D eigenvalue weighted by molar-refractivity contribution is -0.149. The second kappa shape index (κ2) is 14.2. The van der Waals surface area contributed by atoms with Crippen molar-refractivity contribution in [2.75, 3.05) is 38.2 Å². The number of anilines is 1. The number of nitrogens with zero attached hydrogens (tertiary/aromatic N) is 2. The summed E-state index contributed by atoms with van der Waals surface area (Å²) in [4.78, 5) is 67.8. The number of ether oxygens (including phenoxy) is 1. The molecule has 0 spiro atoms. The molecule has 1 aliphatic heterocycles. The van der Waals surface area contributed by atoms with Gasteiger partial charge in [-0.05, 0) is 63.6 Å². The molecule has 4 N–H and O–H groups in total. The molecular weight excluding hydrogens is 516 g/mol. The van der Waals surface area contributed by atoms with Gasteiger partial charge in [-0.1, -0.05) is 31.0 Å². The molecule has 3 amide bonds. The van der Waals surface area contributed by atoms with Crippen LogP contribution in [-0.2, 0) is 35.1 Å². The number of esters is 1. The summed E-state index contributed by atoms with van der Waals surface area (Å²) >= 11 is 0. The van der Waals surface area contributed by atoms with Crippen molar-refractivity contribution in [3.8, 4) is 0 Å². The van der Waals surface area contributed by atoms with Gasteiger partial charge in [-0.15, -0.1) is 0 Å². The van der Waals surface area contributed by atoms with Crippen LogP contribution in [0.2, 0.25) is 0 Å². The molecule has 0 bridgehead atoms. The highest BCUT2D eigenvalue weighted by Crippen LogP contribution is 2.44. The molecule has 0 radical (unpaired) electrons. The summed E-state index contributed by atoms with van der Waals surface area (Å²) in [5.41, 5.74) is 6.06. The fraction of sp³-hybridized carbons (Fsp3) is 0.621. The SMILES string of the molecule is CCN(CCCN)C(=O)CC(CC1(C(=O)NC2CCc3ccccc3N(CC(=O)OC)C2=O)CCCC1)C(=O)O. The second-order valence-corrected chi connectivity index (χ2v) is 10.7. The number of benzene rings is 1. The van der Waals surface area contributed by atoms with E-state index in [-0.39, 0.29) is 31.2 Å². The molecule has 2 atom stereocenters. The second-order valence-electron chi connectivity index (χ2n) is 10.7. The molecule has 2 aliphatic rings. The fourth-order valence-corrected chi connectivity index (χ4v) is 5.89. The predicted molar refractivity (Wildman–Crippen MR) is 148 cm³/mol. The molecule has 1 aromatic rings. The Morgan fingerprint density at radius 1 is 1.23 bits per heavy atom. The fourth-order valence-electron chi connectivity index (χ4n) is 5.89. The molecule has 1 saturated carbocycles. The quantitative estimate of drug-likeness (QED) is 0.309. The number of aryl methyl sites for hydroxylation is 1. The van der Waals surface area contributed by atoms with Gasteiger partial charge in [0, 0.05) is 25.2 Å². The highest BCUT2D eigenvalue weighted by atomic mass is 16.5. The number of nitrogens with two attached hydrogens (primary N) is 1. The minimum Gasteiger partial charge on any atom is -0.481 e. The Kier molecular flexibility index (Phi) is 11.1. The monoisotopic (exact) mass is 558 g/mol. The van der Waals surface area contributed by atoms with E-state index in [0.29, 0.717) is 57.4 Å². The van der Waals surface area contributed by atoms with Crippen molar-refractivity contribution >= 4 is 35.3 Å². The van der Waals surface area contributed by atoms with Gasteiger partial charge in [0.1, 0.15) is 12.6 Å². The lowest BCUT2D eigenvalue weighted by Crippen LogP contribution is -2.53. The van der Waals surface area contributed by atoms with Crippen molar-refractivity contribution in [2.24, 2.45) is 17.1 Å². The summed E-state index contributed by atoms with van der Waals surface area (Å²) < 4.78 is 4.80. The highest BCUT2D eigenvalue weighted by Gasteiger charge is 2.46. The van der Waals surface area contributed by atoms with Crippen LogP contribution < -0.4 is 16.0 Å². The van der Waals surface area contributed by atoms with Gasteiger partial charge in [-0.2, -0.15) is 0 Å². The minimum atomic E-state index is -1.12. The van der Waals surface area contributed by atoms with Crippen molar-refractivity contribution in [3.63, 3.8) is 0 Å². The lowest BCUT2D eigenvalue weighted by Gasteiger charge is -2.33. The molecule has 1 fully saturated rings. The number of rotatable bonds is 13. The smallest absolute Gasteiger partial charge is 0.325 e. The van der Waals surface area contributed by atoms with Gasteiger partial charge in [-0.3, -0.25) is 28.9 Å². The van der Waals surface area contributed by atoms with Crippen molar-refractivity contribution in [3.05, 3.63) is 29.8 Å². The molecule has 0 saturated heterocycles. The maximum atomic E-state index is 13.9. The van der Waals surface area contributed by atoms with Crippen LogP contribution >= 0.6 is 0 Å². The van der Waals surface area contributed by atoms with Gasteiger partial charge in [0.15, 0.2) is 0 Å². The number of carbonyl (C=O) groups is 5. The molecule has 220 valence electrons. The molecular formula is C29H42N4O7. The van der Waals surface area contributed by atoms with Crippen LogP contribution in [0.5, 0.6) is 0 Å². The van der Waals surface area contributed by atoms with Crippen LogP contribution in [0.3, 0.4) is 0 Å². The first-order chi connectivity index (χ1) is 19.2. The summed E-state index contributed by atoms with van der Waals surface area (Å²) in [6, 6.07) is 6.40. The number of methoxy groups -OCH3 is 1. The van der Waals surface area contributed by atoms with Gasteiger partial charge in [0.25, 0.3) is 0 Å². The first-order valence-corrected chi connectivity index (χ1v) is 14.1. The van der Waals surface area contributed by atoms with Crippen LogP contribution in [0.25, 0.3) is 0 Å². The number of para-hydroxylation sites is 1. The largest absolute Gasteiger partial charge is 0.481 e. The number of fused-ring (bicyclic) bond motifs is 1. The van der Waals surface area contributed by atoms with Crippen molar-refractivity contribution < 1.29 is 33.8 Å². The van der Waals surface area contributed by atoms with Gasteiger partial charge >= 0.3 is 11.9 Å². The van der Waals surface area contributed by atoms with Crippen molar-refractivity contribution in [1.82, 2.24) is 10.2 Å². The van der Waals surface area contributed by atoms with Gasteiger partial charge in [0.05, 0.1) is 18.4 Å². The van der Waals surface area contributed by atoms with E-state index in [1.807, 2.05) is 19.1 Å². The predicted octanol–water partition coefficient (Wildman–Crippen LogP) is 1.86. The maximum Gasteiger partial charge on any atom is 0.325 e. The summed E-state index contributed by atoms with van der Waals surface area (Å²) in [6.07, 6.45) is 3.75. The summed E-state index contributed by atoms with van der Waals surface area (Å²) in [7, 11) is 1.25. The van der Waals surface area contributed by atoms with E-state index >= 15 is 0 Å². The number of aliphatic carboxylic acids is 1. The van der Waals surface area contributed by atoms with Gasteiger partial charge in [0.2, 0.25) is 17.7 Å². The van der Waals surface area contributed by atoms with E-state index in [2.05, 4.69) is 5.32 Å². The molecule has 1 aliphatic carbocycles. The Hall–Kier alpha value is -3.47. The molecule has 40 heavy (non-hydrogen) atoms. The Morgan fingerprint density at radius 3 is 2.55 bits per heavy atom. The Labute approximate surface area is 235 Å². The maximum absolute atomic E-state index is 13.9. The molecule has 2 unspecified atom stereocenters. The molecule has 11 nitrogen and oxygen atoms in total. The number of carboxylic acid groups (broad SMARTS) is 1. The first-order valence-electron chi connectivity index (χ1n) is 14.1. The van der Waals surface area contributed by atoms with E-state index in [4.69, 9.17) is 10.5 Å². The average Bonchev–Trinajstić information content (AvgIpc) is 3.39. The lowest BCUT2D eigenvalue weighted by atomic mass is 9.75. The third-order valence-electron chi connectivity index (χ3n) is 8.19. The molecule has 1 aromatic carbocycles. The Bertz CT molecular complexity index is 1090. The average molecular weight is 559 g/mol. The minimum absolute atomic E-state index is 0.0152. The van der Waals surface area contributed by atoms with Gasteiger partial charge < -0.3 is 25.8 Å². The number of nitrogens with one attached hydrogen (secondary N) is 1. The molecule has 3 rings (SSSR count). The van der Waals surface area contributed by atoms with Crippen molar-refractivity contribution in [2.45, 2.75) is 70.8 Å². The zero-order chi connectivity index (χ0) is 29.3. The van der Waals surface area contributed by atoms with Crippen LogP contribution in [0.4, 0.5) is 5.69 Å². The third kappa shape index (κ3) is 7.38. The standard InChI is InChI=1S/C29H42N4O7/c1-3-32(16-8-15-30)24(34)17-21(27(37)38)18-29(13-6-7-14-29)28(39)31-22-12-11-20-9-4-5-10-23(20)33(26(22)36)19-25(35)40-2/h4-5,9-10,21-22H,3,6-8,11-19,30H2,1-2H3,(H,31,39)(H,37,38). The van der Waals surface area contributed by atoms with E-state index in [0.717, 1.165) is 18.4 Å². The Morgan fingerprint density at radius 2 is 1.93 bits per heavy atom. The molecule has 0 aromatic heterocycles. The molecule has 11 heteroatoms. The number of hydrogen-bond donors (Lipinski definition) is 3. The summed E-state index contributed by atoms with van der Waals surface area (Å²) in [6.45, 7) is 2.88. The van der Waals surface area contributed by atoms with E-state index in [1.54, 1.807) is 17.0 Å². The van der Waals surface area contributed by atoms with Crippen LogP contribution in [0.15, 0.2) is 24.3 Å². The number of amides is 3. The topological polar surface area (TPSA) is 159 Å². The van der Waals surface area contributed by atoms with Crippen LogP contribution in [-0.4, -0.2) is 79.0 Å². The number of carbonyl (C=O) groups excluding carboxylic acids is 4. The number of carboxylic acids is 1. The van der Waals surface area contributed by atoms with E-state index < -0.39 is 35.2 Å². The summed E-state index contributed by atoms with van der Waals surface area (Å²) in [5.74, 6) is -3.79.